The fourth-order valence-corrected chi connectivity index (χ4v) is 11.6. The smallest absolute Gasteiger partial charge is 0.264 e. The molecular weight excluding hydrogens is 747 g/mol. The summed E-state index contributed by atoms with van der Waals surface area (Å²) in [6.07, 6.45) is 3.69. The van der Waals surface area contributed by atoms with E-state index in [0.29, 0.717) is 40.6 Å². The Kier molecular flexibility index (Phi) is 10.2. The number of fused-ring (bicyclic) bond motifs is 3. The number of aromatic amines is 1. The van der Waals surface area contributed by atoms with Crippen molar-refractivity contribution in [3.63, 3.8) is 0 Å². The molecule has 6 aromatic rings. The minimum atomic E-state index is -3.42. The zero-order valence-electron chi connectivity index (χ0n) is 31.5. The number of para-hydroxylation sites is 1. The van der Waals surface area contributed by atoms with E-state index in [2.05, 4.69) is 20.6 Å². The number of anilines is 2. The lowest BCUT2D eigenvalue weighted by Crippen LogP contribution is -2.45. The second-order valence-electron chi connectivity index (χ2n) is 15.4. The van der Waals surface area contributed by atoms with Crippen molar-refractivity contribution in [2.75, 3.05) is 16.8 Å². The number of nitrogens with one attached hydrogen (secondary N) is 2. The summed E-state index contributed by atoms with van der Waals surface area (Å²) in [5, 5.41) is 23.4. The highest BCUT2D eigenvalue weighted by atomic mass is 35.5. The SMILES string of the molecule is C[C@@H]1[C@@H]([Si](C)(C)F)[C@H](CCn2cc(C(CO)c3ccccc3)nn2)O[C@@]12C(=O)N(Cc1cccc(NC(=O)Cc3c[nH]c4ccccc34)c1)c1ccc(Cl)cc12. The van der Waals surface area contributed by atoms with Crippen LogP contribution in [0.5, 0.6) is 0 Å². The predicted octanol–water partition coefficient (Wildman–Crippen LogP) is 8.13. The lowest BCUT2D eigenvalue weighted by molar-refractivity contribution is -0.146. The van der Waals surface area contributed by atoms with Crippen LogP contribution in [0.2, 0.25) is 23.7 Å². The summed E-state index contributed by atoms with van der Waals surface area (Å²) < 4.78 is 25.1. The van der Waals surface area contributed by atoms with Gasteiger partial charge in [0.2, 0.25) is 14.3 Å². The summed E-state index contributed by atoms with van der Waals surface area (Å²) >= 11 is 6.60. The molecule has 4 heterocycles. The molecule has 2 aromatic heterocycles. The molecule has 1 fully saturated rings. The van der Waals surface area contributed by atoms with Gasteiger partial charge in [0.25, 0.3) is 5.91 Å². The normalized spacial score (nSPS) is 21.2. The van der Waals surface area contributed by atoms with Crippen LogP contribution in [0.25, 0.3) is 10.9 Å². The number of rotatable bonds is 12. The quantitative estimate of drug-likeness (QED) is 0.0850. The van der Waals surface area contributed by atoms with Crippen LogP contribution in [0.1, 0.15) is 47.2 Å². The molecule has 1 spiro atoms. The molecular formula is C43H44ClFN6O4Si. The van der Waals surface area contributed by atoms with Crippen LogP contribution in [0.3, 0.4) is 0 Å². The Hall–Kier alpha value is -5.14. The maximum atomic E-state index is 16.5. The first-order valence-electron chi connectivity index (χ1n) is 18.9. The number of nitrogens with zero attached hydrogens (tertiary/aromatic N) is 4. The van der Waals surface area contributed by atoms with Gasteiger partial charge in [0.15, 0.2) is 5.60 Å². The van der Waals surface area contributed by atoms with Crippen LogP contribution < -0.4 is 10.2 Å². The number of aryl methyl sites for hydroxylation is 1. The molecule has 288 valence electrons. The minimum absolute atomic E-state index is 0.122. The number of ether oxygens (including phenoxy) is 1. The molecule has 2 aliphatic heterocycles. The Balaban J connectivity index is 1.03. The number of aliphatic hydroxyl groups is 1. The highest BCUT2D eigenvalue weighted by Crippen LogP contribution is 2.60. The number of carbonyl (C=O) groups is 2. The molecule has 1 saturated heterocycles. The van der Waals surface area contributed by atoms with Gasteiger partial charge in [-0.1, -0.05) is 84.4 Å². The number of amides is 2. The Morgan fingerprint density at radius 1 is 1.07 bits per heavy atom. The van der Waals surface area contributed by atoms with Crippen molar-refractivity contribution in [1.82, 2.24) is 20.0 Å². The molecule has 1 unspecified atom stereocenters. The highest BCUT2D eigenvalue weighted by Gasteiger charge is 2.66. The topological polar surface area (TPSA) is 125 Å². The van der Waals surface area contributed by atoms with Crippen molar-refractivity contribution < 1.29 is 23.5 Å². The molecule has 0 bridgehead atoms. The first-order valence-corrected chi connectivity index (χ1v) is 22.3. The fraction of sp³-hybridized carbons (Fsp3) is 0.302. The average Bonchev–Trinajstić information content (AvgIpc) is 3.93. The van der Waals surface area contributed by atoms with Crippen LogP contribution in [0.15, 0.2) is 109 Å². The van der Waals surface area contributed by atoms with E-state index in [9.17, 15) is 14.7 Å². The highest BCUT2D eigenvalue weighted by molar-refractivity contribution is 6.72. The summed E-state index contributed by atoms with van der Waals surface area (Å²) in [6.45, 7) is 5.75. The molecule has 8 rings (SSSR count). The van der Waals surface area contributed by atoms with Gasteiger partial charge in [0, 0.05) is 57.6 Å². The van der Waals surface area contributed by atoms with Gasteiger partial charge in [-0.15, -0.1) is 5.10 Å². The van der Waals surface area contributed by atoms with Crippen LogP contribution >= 0.6 is 11.6 Å². The van der Waals surface area contributed by atoms with E-state index in [-0.39, 0.29) is 37.3 Å². The second-order valence-corrected chi connectivity index (χ2v) is 19.7. The number of halogens is 2. The van der Waals surface area contributed by atoms with Gasteiger partial charge in [-0.2, -0.15) is 0 Å². The molecule has 10 nitrogen and oxygen atoms in total. The fourth-order valence-electron chi connectivity index (χ4n) is 8.93. The molecule has 2 aliphatic rings. The predicted molar refractivity (Wildman–Crippen MR) is 218 cm³/mol. The van der Waals surface area contributed by atoms with Crippen molar-refractivity contribution >= 4 is 54.1 Å². The van der Waals surface area contributed by atoms with E-state index in [0.717, 1.165) is 27.6 Å². The van der Waals surface area contributed by atoms with Gasteiger partial charge in [0.1, 0.15) is 0 Å². The van der Waals surface area contributed by atoms with Gasteiger partial charge >= 0.3 is 0 Å². The van der Waals surface area contributed by atoms with E-state index in [4.69, 9.17) is 16.3 Å². The maximum absolute atomic E-state index is 16.5. The summed E-state index contributed by atoms with van der Waals surface area (Å²) in [5.74, 6) is -1.24. The third-order valence-corrected chi connectivity index (χ3v) is 14.1. The van der Waals surface area contributed by atoms with E-state index in [1.807, 2.05) is 104 Å². The lowest BCUT2D eigenvalue weighted by atomic mass is 9.82. The molecule has 4 aromatic carbocycles. The van der Waals surface area contributed by atoms with Crippen molar-refractivity contribution in [3.8, 4) is 0 Å². The van der Waals surface area contributed by atoms with Crippen molar-refractivity contribution in [2.45, 2.75) is 69.1 Å². The number of H-pyrrole nitrogens is 1. The molecule has 2 amide bonds. The molecule has 0 radical (unpaired) electrons. The molecule has 56 heavy (non-hydrogen) atoms. The first-order chi connectivity index (χ1) is 27.0. The number of benzene rings is 4. The van der Waals surface area contributed by atoms with Gasteiger partial charge in [-0.05, 0) is 72.6 Å². The molecule has 5 atom stereocenters. The van der Waals surface area contributed by atoms with Crippen molar-refractivity contribution in [3.05, 3.63) is 142 Å². The van der Waals surface area contributed by atoms with Crippen molar-refractivity contribution in [2.24, 2.45) is 5.92 Å². The molecule has 13 heteroatoms. The van der Waals surface area contributed by atoms with Crippen molar-refractivity contribution in [1.29, 1.82) is 0 Å². The van der Waals surface area contributed by atoms with Crippen LogP contribution in [0.4, 0.5) is 15.5 Å². The zero-order chi connectivity index (χ0) is 39.2. The zero-order valence-corrected chi connectivity index (χ0v) is 33.2. The van der Waals surface area contributed by atoms with Gasteiger partial charge in [-0.3, -0.25) is 14.3 Å². The third kappa shape index (κ3) is 6.95. The second kappa shape index (κ2) is 15.1. The van der Waals surface area contributed by atoms with Crippen LogP contribution in [-0.4, -0.2) is 58.0 Å². The molecule has 0 saturated carbocycles. The van der Waals surface area contributed by atoms with Gasteiger partial charge in [-0.25, -0.2) is 0 Å². The Morgan fingerprint density at radius 3 is 2.64 bits per heavy atom. The standard InChI is InChI=1S/C43H44ClFN6O4Si/c1-27-41(56(2,3)45)39(18-19-50-25-37(48-49-50)34(26-52)29-11-5-4-6-12-29)55-43(27)35-22-31(44)16-17-38(35)51(42(43)54)24-28-10-9-13-32(20-28)47-40(53)21-30-23-46-36-15-8-7-14-33(30)36/h4-17,20,22-23,25,27,34,39,41,46,52H,18-19,21,24,26H2,1-3H3,(H,47,53)/t27-,34?,39+,41-,43+/m1/s1. The Morgan fingerprint density at radius 2 is 1.86 bits per heavy atom. The largest absolute Gasteiger partial charge is 0.395 e. The van der Waals surface area contributed by atoms with E-state index < -0.39 is 31.6 Å². The summed E-state index contributed by atoms with van der Waals surface area (Å²) in [4.78, 5) is 33.0. The minimum Gasteiger partial charge on any atom is -0.395 e. The molecule has 3 N–H and O–H groups in total. The maximum Gasteiger partial charge on any atom is 0.264 e. The number of aromatic nitrogens is 4. The summed E-state index contributed by atoms with van der Waals surface area (Å²) in [7, 11) is -3.42. The van der Waals surface area contributed by atoms with Gasteiger partial charge < -0.3 is 29.2 Å². The van der Waals surface area contributed by atoms with E-state index in [1.165, 1.54) is 0 Å². The third-order valence-electron chi connectivity index (χ3n) is 11.4. The van der Waals surface area contributed by atoms with E-state index >= 15 is 4.11 Å². The summed E-state index contributed by atoms with van der Waals surface area (Å²) in [5.41, 5.74) is 4.21. The summed E-state index contributed by atoms with van der Waals surface area (Å²) in [6, 6.07) is 30.3. The Bertz CT molecular complexity index is 2400. The number of aliphatic hydroxyl groups excluding tert-OH is 1. The number of carbonyl (C=O) groups excluding carboxylic acids is 2. The van der Waals surface area contributed by atoms with Crippen LogP contribution in [-0.2, 0) is 39.4 Å². The molecule has 0 aliphatic carbocycles. The van der Waals surface area contributed by atoms with Crippen LogP contribution in [0, 0.1) is 5.92 Å². The first kappa shape index (κ1) is 37.8. The lowest BCUT2D eigenvalue weighted by Gasteiger charge is -2.31. The monoisotopic (exact) mass is 790 g/mol. The Labute approximate surface area is 330 Å². The van der Waals surface area contributed by atoms with Gasteiger partial charge in [0.05, 0.1) is 43.0 Å². The number of hydrogen-bond acceptors (Lipinski definition) is 6. The van der Waals surface area contributed by atoms with E-state index in [1.54, 1.807) is 34.8 Å². The number of hydrogen-bond donors (Lipinski definition) is 3. The average molecular weight is 791 g/mol.